The summed E-state index contributed by atoms with van der Waals surface area (Å²) in [6, 6.07) is 16.5. The highest BCUT2D eigenvalue weighted by molar-refractivity contribution is 5.32. The standard InChI is InChI=1S/C17H21N2O3.BrH/c1-19(2,12-13-22-17-6-4-3-5-7-17)14-15-8-10-16(11-9-15)18(20)21;/h3-11H,12-14H2,1-2H3;1H/q+1;/p-1. The molecule has 0 radical (unpaired) electrons. The zero-order valence-corrected chi connectivity index (χ0v) is 14.9. The smallest absolute Gasteiger partial charge is 0.269 e. The van der Waals surface area contributed by atoms with E-state index < -0.39 is 0 Å². The lowest BCUT2D eigenvalue weighted by Gasteiger charge is -2.29. The highest BCUT2D eigenvalue weighted by atomic mass is 79.9. The number of hydrogen-bond donors (Lipinski definition) is 0. The van der Waals surface area contributed by atoms with Crippen LogP contribution >= 0.6 is 0 Å². The summed E-state index contributed by atoms with van der Waals surface area (Å²) in [6.07, 6.45) is 0. The zero-order chi connectivity index (χ0) is 16.0. The van der Waals surface area contributed by atoms with Gasteiger partial charge in [-0.3, -0.25) is 10.1 Å². The molecule has 0 fully saturated rings. The number of nitrogens with zero attached hydrogens (tertiary/aromatic N) is 2. The predicted octanol–water partition coefficient (Wildman–Crippen LogP) is 0.254. The van der Waals surface area contributed by atoms with Crippen molar-refractivity contribution in [2.75, 3.05) is 27.2 Å². The summed E-state index contributed by atoms with van der Waals surface area (Å²) in [5, 5.41) is 10.7. The van der Waals surface area contributed by atoms with Crippen LogP contribution in [0.2, 0.25) is 0 Å². The van der Waals surface area contributed by atoms with Crippen LogP contribution in [0.3, 0.4) is 0 Å². The molecule has 2 rings (SSSR count). The van der Waals surface area contributed by atoms with Crippen LogP contribution in [-0.4, -0.2) is 36.7 Å². The monoisotopic (exact) mass is 380 g/mol. The molecule has 124 valence electrons. The second-order valence-electron chi connectivity index (χ2n) is 5.90. The molecule has 0 unspecified atom stereocenters. The lowest BCUT2D eigenvalue weighted by Crippen LogP contribution is -3.00. The van der Waals surface area contributed by atoms with E-state index in [4.69, 9.17) is 4.74 Å². The van der Waals surface area contributed by atoms with Gasteiger partial charge in [0, 0.05) is 17.7 Å². The molecule has 2 aromatic rings. The van der Waals surface area contributed by atoms with Crippen LogP contribution in [0.4, 0.5) is 5.69 Å². The molecule has 0 heterocycles. The van der Waals surface area contributed by atoms with E-state index in [0.717, 1.165) is 28.9 Å². The van der Waals surface area contributed by atoms with E-state index in [1.807, 2.05) is 42.5 Å². The summed E-state index contributed by atoms with van der Waals surface area (Å²) < 4.78 is 6.48. The van der Waals surface area contributed by atoms with Gasteiger partial charge in [-0.05, 0) is 24.3 Å². The second kappa shape index (κ2) is 8.64. The summed E-state index contributed by atoms with van der Waals surface area (Å²) in [7, 11) is 4.24. The highest BCUT2D eigenvalue weighted by Gasteiger charge is 2.16. The minimum Gasteiger partial charge on any atom is -1.00 e. The summed E-state index contributed by atoms with van der Waals surface area (Å²) in [6.45, 7) is 2.28. The van der Waals surface area contributed by atoms with E-state index in [-0.39, 0.29) is 27.6 Å². The normalized spacial score (nSPS) is 10.7. The van der Waals surface area contributed by atoms with Gasteiger partial charge in [0.05, 0.1) is 19.0 Å². The van der Waals surface area contributed by atoms with Crippen LogP contribution in [0.1, 0.15) is 5.56 Å². The number of benzene rings is 2. The number of quaternary nitrogens is 1. The fraction of sp³-hybridized carbons (Fsp3) is 0.294. The molecule has 23 heavy (non-hydrogen) atoms. The third kappa shape index (κ3) is 6.38. The molecule has 0 N–H and O–H groups in total. The van der Waals surface area contributed by atoms with Gasteiger partial charge in [-0.2, -0.15) is 0 Å². The molecule has 6 heteroatoms. The van der Waals surface area contributed by atoms with E-state index >= 15 is 0 Å². The topological polar surface area (TPSA) is 52.4 Å². The molecule has 0 aliphatic carbocycles. The van der Waals surface area contributed by atoms with Crippen molar-refractivity contribution in [3.05, 3.63) is 70.3 Å². The molecule has 0 bridgehead atoms. The van der Waals surface area contributed by atoms with Gasteiger partial charge in [-0.15, -0.1) is 0 Å². The van der Waals surface area contributed by atoms with Crippen LogP contribution < -0.4 is 21.7 Å². The van der Waals surface area contributed by atoms with Crippen molar-refractivity contribution in [1.82, 2.24) is 0 Å². The summed E-state index contributed by atoms with van der Waals surface area (Å²) >= 11 is 0. The number of non-ortho nitro benzene ring substituents is 1. The second-order valence-corrected chi connectivity index (χ2v) is 5.90. The first-order valence-corrected chi connectivity index (χ1v) is 7.19. The summed E-state index contributed by atoms with van der Waals surface area (Å²) in [5.41, 5.74) is 1.21. The number of para-hydroxylation sites is 1. The van der Waals surface area contributed by atoms with E-state index in [1.165, 1.54) is 0 Å². The van der Waals surface area contributed by atoms with Crippen molar-refractivity contribution in [3.8, 4) is 5.75 Å². The van der Waals surface area contributed by atoms with E-state index in [1.54, 1.807) is 12.1 Å². The SMILES string of the molecule is C[N+](C)(CCOc1ccccc1)Cc1ccc([N+](=O)[O-])cc1.[Br-]. The molecule has 2 aromatic carbocycles. The van der Waals surface area contributed by atoms with Gasteiger partial charge in [0.1, 0.15) is 25.4 Å². The van der Waals surface area contributed by atoms with Crippen LogP contribution in [0.25, 0.3) is 0 Å². The first kappa shape index (κ1) is 19.1. The number of halogens is 1. The fourth-order valence-corrected chi connectivity index (χ4v) is 2.22. The molecule has 0 atom stereocenters. The first-order chi connectivity index (χ1) is 10.5. The Morgan fingerprint density at radius 3 is 2.22 bits per heavy atom. The van der Waals surface area contributed by atoms with Crippen molar-refractivity contribution in [3.63, 3.8) is 0 Å². The van der Waals surface area contributed by atoms with Crippen molar-refractivity contribution in [2.24, 2.45) is 0 Å². The Balaban J connectivity index is 0.00000264. The van der Waals surface area contributed by atoms with Gasteiger partial charge in [-0.1, -0.05) is 18.2 Å². The maximum Gasteiger partial charge on any atom is 0.269 e. The van der Waals surface area contributed by atoms with Gasteiger partial charge in [0.15, 0.2) is 0 Å². The molecule has 0 aliphatic heterocycles. The van der Waals surface area contributed by atoms with Crippen LogP contribution in [-0.2, 0) is 6.54 Å². The van der Waals surface area contributed by atoms with Crippen LogP contribution in [0.15, 0.2) is 54.6 Å². The summed E-state index contributed by atoms with van der Waals surface area (Å²) in [4.78, 5) is 10.3. The largest absolute Gasteiger partial charge is 1.00 e. The number of rotatable bonds is 7. The van der Waals surface area contributed by atoms with Gasteiger partial charge in [0.2, 0.25) is 0 Å². The molecular formula is C17H21BrN2O3. The van der Waals surface area contributed by atoms with E-state index in [2.05, 4.69) is 14.1 Å². The predicted molar refractivity (Wildman–Crippen MR) is 85.7 cm³/mol. The fourth-order valence-electron chi connectivity index (χ4n) is 2.22. The molecule has 0 spiro atoms. The minimum absolute atomic E-state index is 0. The average Bonchev–Trinajstić information content (AvgIpc) is 2.48. The number of hydrogen-bond acceptors (Lipinski definition) is 3. The Morgan fingerprint density at radius 1 is 1.04 bits per heavy atom. The highest BCUT2D eigenvalue weighted by Crippen LogP contribution is 2.15. The molecule has 0 saturated carbocycles. The van der Waals surface area contributed by atoms with Gasteiger partial charge < -0.3 is 26.2 Å². The van der Waals surface area contributed by atoms with Crippen molar-refractivity contribution in [2.45, 2.75) is 6.54 Å². The Morgan fingerprint density at radius 2 is 1.65 bits per heavy atom. The van der Waals surface area contributed by atoms with E-state index in [9.17, 15) is 10.1 Å². The number of nitro groups is 1. The van der Waals surface area contributed by atoms with Gasteiger partial charge in [0.25, 0.3) is 5.69 Å². The Bertz CT molecular complexity index is 615. The Kier molecular flexibility index (Phi) is 7.19. The van der Waals surface area contributed by atoms with Crippen molar-refractivity contribution >= 4 is 5.69 Å². The first-order valence-electron chi connectivity index (χ1n) is 7.19. The van der Waals surface area contributed by atoms with Crippen LogP contribution in [0.5, 0.6) is 5.75 Å². The number of likely N-dealkylation sites (N-methyl/N-ethyl adjacent to an activating group) is 1. The van der Waals surface area contributed by atoms with Gasteiger partial charge in [-0.25, -0.2) is 0 Å². The lowest BCUT2D eigenvalue weighted by molar-refractivity contribution is -0.903. The molecular weight excluding hydrogens is 360 g/mol. The van der Waals surface area contributed by atoms with Crippen molar-refractivity contribution < 1.29 is 31.1 Å². The average molecular weight is 381 g/mol. The van der Waals surface area contributed by atoms with Gasteiger partial charge >= 0.3 is 0 Å². The molecule has 0 amide bonds. The summed E-state index contributed by atoms with van der Waals surface area (Å²) in [5.74, 6) is 0.873. The molecule has 5 nitrogen and oxygen atoms in total. The maximum absolute atomic E-state index is 10.7. The van der Waals surface area contributed by atoms with Crippen molar-refractivity contribution in [1.29, 1.82) is 0 Å². The lowest BCUT2D eigenvalue weighted by atomic mass is 10.2. The maximum atomic E-state index is 10.7. The molecule has 0 saturated heterocycles. The molecule has 0 aliphatic rings. The number of nitro benzene ring substituents is 1. The minimum atomic E-state index is -0.378. The number of ether oxygens (including phenoxy) is 1. The third-order valence-corrected chi connectivity index (χ3v) is 3.47. The van der Waals surface area contributed by atoms with Crippen LogP contribution in [0, 0.1) is 10.1 Å². The third-order valence-electron chi connectivity index (χ3n) is 3.47. The zero-order valence-electron chi connectivity index (χ0n) is 13.3. The Labute approximate surface area is 147 Å². The van der Waals surface area contributed by atoms with E-state index in [0.29, 0.717) is 6.61 Å². The Hall–Kier alpha value is -1.92. The molecule has 0 aromatic heterocycles. The quantitative estimate of drug-likeness (QED) is 0.393.